The molecule has 0 saturated carbocycles. The quantitative estimate of drug-likeness (QED) is 0.860. The van der Waals surface area contributed by atoms with Gasteiger partial charge >= 0.3 is 0 Å². The van der Waals surface area contributed by atoms with E-state index in [4.69, 9.17) is 4.74 Å². The lowest BCUT2D eigenvalue weighted by Crippen LogP contribution is -2.17. The number of hydrogen-bond donors (Lipinski definition) is 1. The van der Waals surface area contributed by atoms with Gasteiger partial charge in [-0.05, 0) is 43.2 Å². The lowest BCUT2D eigenvalue weighted by molar-refractivity contribution is 0.340. The van der Waals surface area contributed by atoms with Crippen LogP contribution in [-0.4, -0.2) is 11.2 Å². The van der Waals surface area contributed by atoms with Crippen LogP contribution < -0.4 is 10.1 Å². The van der Waals surface area contributed by atoms with E-state index in [1.807, 2.05) is 26.1 Å². The Morgan fingerprint density at radius 2 is 1.95 bits per heavy atom. The standard InChI is InChI=1S/C16H22N2O/c1-4-19-16-7-5-15(6-8-16)13(2)17-11-14-9-10-18(3)12-14/h5-10,12-13,17H,4,11H2,1-3H3. The predicted octanol–water partition coefficient (Wildman–Crippen LogP) is 3.27. The molecular weight excluding hydrogens is 236 g/mol. The SMILES string of the molecule is CCOc1ccc(C(C)NCc2ccn(C)c2)cc1. The molecule has 102 valence electrons. The van der Waals surface area contributed by atoms with Gasteiger partial charge in [0.25, 0.3) is 0 Å². The predicted molar refractivity (Wildman–Crippen MR) is 78.3 cm³/mol. The second-order valence-electron chi connectivity index (χ2n) is 4.79. The van der Waals surface area contributed by atoms with Gasteiger partial charge in [-0.3, -0.25) is 0 Å². The highest BCUT2D eigenvalue weighted by Crippen LogP contribution is 2.18. The second kappa shape index (κ2) is 6.43. The van der Waals surface area contributed by atoms with E-state index in [0.717, 1.165) is 12.3 Å². The molecule has 0 aliphatic heterocycles. The number of rotatable bonds is 6. The van der Waals surface area contributed by atoms with Gasteiger partial charge in [0.05, 0.1) is 6.61 Å². The van der Waals surface area contributed by atoms with Gasteiger partial charge in [-0.25, -0.2) is 0 Å². The van der Waals surface area contributed by atoms with Crippen LogP contribution in [0.2, 0.25) is 0 Å². The minimum absolute atomic E-state index is 0.330. The molecule has 1 aromatic heterocycles. The molecule has 0 spiro atoms. The summed E-state index contributed by atoms with van der Waals surface area (Å²) in [7, 11) is 2.04. The van der Waals surface area contributed by atoms with Crippen molar-refractivity contribution in [1.29, 1.82) is 0 Å². The number of nitrogens with zero attached hydrogens (tertiary/aromatic N) is 1. The van der Waals surface area contributed by atoms with Crippen LogP contribution in [0.15, 0.2) is 42.7 Å². The van der Waals surface area contributed by atoms with E-state index in [0.29, 0.717) is 12.6 Å². The molecule has 0 fully saturated rings. The monoisotopic (exact) mass is 258 g/mol. The highest BCUT2D eigenvalue weighted by molar-refractivity contribution is 5.29. The summed E-state index contributed by atoms with van der Waals surface area (Å²) in [6.45, 7) is 5.77. The Kier molecular flexibility index (Phi) is 4.63. The fourth-order valence-corrected chi connectivity index (χ4v) is 2.07. The third kappa shape index (κ3) is 3.86. The molecule has 1 N–H and O–H groups in total. The van der Waals surface area contributed by atoms with Crippen molar-refractivity contribution >= 4 is 0 Å². The molecule has 3 nitrogen and oxygen atoms in total. The first-order valence-electron chi connectivity index (χ1n) is 6.76. The van der Waals surface area contributed by atoms with Crippen LogP contribution in [0.4, 0.5) is 0 Å². The van der Waals surface area contributed by atoms with Crippen molar-refractivity contribution in [2.75, 3.05) is 6.61 Å². The van der Waals surface area contributed by atoms with Crippen molar-refractivity contribution in [1.82, 2.24) is 9.88 Å². The van der Waals surface area contributed by atoms with Crippen molar-refractivity contribution in [3.63, 3.8) is 0 Å². The van der Waals surface area contributed by atoms with Crippen molar-refractivity contribution in [3.05, 3.63) is 53.9 Å². The summed E-state index contributed by atoms with van der Waals surface area (Å²) < 4.78 is 7.52. The van der Waals surface area contributed by atoms with Gasteiger partial charge in [0.1, 0.15) is 5.75 Å². The Labute approximate surface area is 115 Å². The summed E-state index contributed by atoms with van der Waals surface area (Å²) in [6, 6.07) is 10.8. The Morgan fingerprint density at radius 3 is 2.53 bits per heavy atom. The number of nitrogens with one attached hydrogen (secondary N) is 1. The summed E-state index contributed by atoms with van der Waals surface area (Å²) in [5.41, 5.74) is 2.58. The van der Waals surface area contributed by atoms with Crippen LogP contribution in [0, 0.1) is 0 Å². The highest BCUT2D eigenvalue weighted by atomic mass is 16.5. The Morgan fingerprint density at radius 1 is 1.21 bits per heavy atom. The molecule has 0 amide bonds. The Hall–Kier alpha value is -1.74. The van der Waals surface area contributed by atoms with Crippen molar-refractivity contribution in [3.8, 4) is 5.75 Å². The van der Waals surface area contributed by atoms with E-state index in [-0.39, 0.29) is 0 Å². The molecule has 0 bridgehead atoms. The lowest BCUT2D eigenvalue weighted by atomic mass is 10.1. The summed E-state index contributed by atoms with van der Waals surface area (Å²) in [6.07, 6.45) is 4.20. The Bertz CT molecular complexity index is 502. The van der Waals surface area contributed by atoms with E-state index < -0.39 is 0 Å². The highest BCUT2D eigenvalue weighted by Gasteiger charge is 2.05. The van der Waals surface area contributed by atoms with Crippen LogP contribution in [0.25, 0.3) is 0 Å². The summed E-state index contributed by atoms with van der Waals surface area (Å²) >= 11 is 0. The smallest absolute Gasteiger partial charge is 0.119 e. The second-order valence-corrected chi connectivity index (χ2v) is 4.79. The molecule has 0 aliphatic carbocycles. The minimum atomic E-state index is 0.330. The zero-order chi connectivity index (χ0) is 13.7. The molecule has 1 atom stereocenters. The zero-order valence-corrected chi connectivity index (χ0v) is 11.9. The molecule has 3 heteroatoms. The topological polar surface area (TPSA) is 26.2 Å². The average molecular weight is 258 g/mol. The number of aryl methyl sites for hydroxylation is 1. The van der Waals surface area contributed by atoms with Crippen LogP contribution >= 0.6 is 0 Å². The number of ether oxygens (including phenoxy) is 1. The Balaban J connectivity index is 1.90. The van der Waals surface area contributed by atoms with Gasteiger partial charge in [0.15, 0.2) is 0 Å². The maximum atomic E-state index is 5.45. The first kappa shape index (κ1) is 13.7. The largest absolute Gasteiger partial charge is 0.494 e. The molecule has 0 aliphatic rings. The molecule has 0 radical (unpaired) electrons. The molecule has 19 heavy (non-hydrogen) atoms. The fourth-order valence-electron chi connectivity index (χ4n) is 2.07. The van der Waals surface area contributed by atoms with Gasteiger partial charge in [0, 0.05) is 32.0 Å². The number of aromatic nitrogens is 1. The van der Waals surface area contributed by atoms with Gasteiger partial charge in [-0.1, -0.05) is 12.1 Å². The van der Waals surface area contributed by atoms with Gasteiger partial charge in [-0.2, -0.15) is 0 Å². The summed E-state index contributed by atoms with van der Waals surface area (Å²) in [4.78, 5) is 0. The first-order valence-corrected chi connectivity index (χ1v) is 6.76. The molecule has 1 aromatic carbocycles. The lowest BCUT2D eigenvalue weighted by Gasteiger charge is -2.14. The molecule has 1 unspecified atom stereocenters. The van der Waals surface area contributed by atoms with Gasteiger partial charge < -0.3 is 14.6 Å². The third-order valence-corrected chi connectivity index (χ3v) is 3.20. The molecule has 2 rings (SSSR count). The van der Waals surface area contributed by atoms with Crippen LogP contribution in [0.1, 0.15) is 31.0 Å². The number of benzene rings is 1. The fraction of sp³-hybridized carbons (Fsp3) is 0.375. The van der Waals surface area contributed by atoms with Gasteiger partial charge in [-0.15, -0.1) is 0 Å². The van der Waals surface area contributed by atoms with Crippen LogP contribution in [0.3, 0.4) is 0 Å². The van der Waals surface area contributed by atoms with Crippen LogP contribution in [0.5, 0.6) is 5.75 Å². The zero-order valence-electron chi connectivity index (χ0n) is 11.9. The van der Waals surface area contributed by atoms with Crippen molar-refractivity contribution < 1.29 is 4.74 Å². The molecule has 0 saturated heterocycles. The molecule has 2 aromatic rings. The number of hydrogen-bond acceptors (Lipinski definition) is 2. The normalized spacial score (nSPS) is 12.4. The van der Waals surface area contributed by atoms with Crippen molar-refractivity contribution in [2.45, 2.75) is 26.4 Å². The average Bonchev–Trinajstić information content (AvgIpc) is 2.83. The van der Waals surface area contributed by atoms with E-state index in [9.17, 15) is 0 Å². The summed E-state index contributed by atoms with van der Waals surface area (Å²) in [5.74, 6) is 0.932. The van der Waals surface area contributed by atoms with E-state index in [2.05, 4.69) is 47.4 Å². The minimum Gasteiger partial charge on any atom is -0.494 e. The van der Waals surface area contributed by atoms with Gasteiger partial charge in [0.2, 0.25) is 0 Å². The molecule has 1 heterocycles. The molecular formula is C16H22N2O. The van der Waals surface area contributed by atoms with Crippen molar-refractivity contribution in [2.24, 2.45) is 7.05 Å². The summed E-state index contributed by atoms with van der Waals surface area (Å²) in [5, 5.41) is 3.53. The van der Waals surface area contributed by atoms with E-state index in [1.165, 1.54) is 11.1 Å². The van der Waals surface area contributed by atoms with E-state index in [1.54, 1.807) is 0 Å². The van der Waals surface area contributed by atoms with E-state index >= 15 is 0 Å². The van der Waals surface area contributed by atoms with Crippen LogP contribution in [-0.2, 0) is 13.6 Å². The first-order chi connectivity index (χ1) is 9.19. The maximum absolute atomic E-state index is 5.45. The maximum Gasteiger partial charge on any atom is 0.119 e. The third-order valence-electron chi connectivity index (χ3n) is 3.20.